The van der Waals surface area contributed by atoms with Crippen LogP contribution in [0.5, 0.6) is 0 Å². The standard InChI is InChI=1S/C19H23N5O/c1-23(13-18-21-19(25-22-18)16-8-5-9-16)12-17-10-20-14-24(17)11-15-6-3-2-4-7-15/h2-4,6-7,10,14,16H,5,8-9,11-13H2,1H3. The summed E-state index contributed by atoms with van der Waals surface area (Å²) in [6, 6.07) is 10.4. The molecular formula is C19H23N5O. The van der Waals surface area contributed by atoms with Crippen LogP contribution >= 0.6 is 0 Å². The van der Waals surface area contributed by atoms with Gasteiger partial charge in [-0.1, -0.05) is 41.9 Å². The van der Waals surface area contributed by atoms with Gasteiger partial charge in [-0.15, -0.1) is 0 Å². The van der Waals surface area contributed by atoms with Crippen molar-refractivity contribution in [3.8, 4) is 0 Å². The Morgan fingerprint density at radius 1 is 1.20 bits per heavy atom. The van der Waals surface area contributed by atoms with Crippen LogP contribution in [0, 0.1) is 0 Å². The first-order valence-corrected chi connectivity index (χ1v) is 8.82. The molecule has 0 bridgehead atoms. The Morgan fingerprint density at radius 3 is 2.80 bits per heavy atom. The summed E-state index contributed by atoms with van der Waals surface area (Å²) in [5, 5.41) is 4.13. The van der Waals surface area contributed by atoms with E-state index in [1.165, 1.54) is 30.5 Å². The summed E-state index contributed by atoms with van der Waals surface area (Å²) in [4.78, 5) is 11.0. The van der Waals surface area contributed by atoms with E-state index in [0.29, 0.717) is 12.5 Å². The van der Waals surface area contributed by atoms with Gasteiger partial charge in [0.15, 0.2) is 5.82 Å². The maximum atomic E-state index is 5.40. The molecule has 1 aliphatic carbocycles. The molecule has 1 saturated carbocycles. The van der Waals surface area contributed by atoms with Crippen molar-refractivity contribution in [2.24, 2.45) is 0 Å². The minimum Gasteiger partial charge on any atom is -0.339 e. The Hall–Kier alpha value is -2.47. The number of aromatic nitrogens is 4. The van der Waals surface area contributed by atoms with E-state index in [2.05, 4.69) is 55.9 Å². The molecule has 0 saturated heterocycles. The van der Waals surface area contributed by atoms with Crippen molar-refractivity contribution in [1.82, 2.24) is 24.6 Å². The highest BCUT2D eigenvalue weighted by Gasteiger charge is 2.25. The van der Waals surface area contributed by atoms with Crippen LogP contribution in [0.2, 0.25) is 0 Å². The number of benzene rings is 1. The molecule has 2 aromatic heterocycles. The third-order valence-corrected chi connectivity index (χ3v) is 4.78. The summed E-state index contributed by atoms with van der Waals surface area (Å²) >= 11 is 0. The Labute approximate surface area is 147 Å². The van der Waals surface area contributed by atoms with E-state index in [9.17, 15) is 0 Å². The SMILES string of the molecule is CN(Cc1noc(C2CCC2)n1)Cc1cncn1Cc1ccccc1. The number of imidazole rings is 1. The lowest BCUT2D eigenvalue weighted by atomic mass is 9.85. The zero-order valence-electron chi connectivity index (χ0n) is 14.5. The van der Waals surface area contributed by atoms with Crippen molar-refractivity contribution in [2.75, 3.05) is 7.05 Å². The second-order valence-corrected chi connectivity index (χ2v) is 6.85. The van der Waals surface area contributed by atoms with Crippen LogP contribution in [0.1, 0.15) is 48.2 Å². The highest BCUT2D eigenvalue weighted by atomic mass is 16.5. The van der Waals surface area contributed by atoms with Gasteiger partial charge in [0.25, 0.3) is 0 Å². The Morgan fingerprint density at radius 2 is 2.04 bits per heavy atom. The monoisotopic (exact) mass is 337 g/mol. The van der Waals surface area contributed by atoms with E-state index in [4.69, 9.17) is 4.52 Å². The highest BCUT2D eigenvalue weighted by molar-refractivity contribution is 5.16. The maximum Gasteiger partial charge on any atom is 0.229 e. The molecule has 0 spiro atoms. The average Bonchev–Trinajstić information content (AvgIpc) is 3.17. The number of hydrogen-bond donors (Lipinski definition) is 0. The van der Waals surface area contributed by atoms with E-state index in [1.54, 1.807) is 0 Å². The van der Waals surface area contributed by atoms with Gasteiger partial charge in [-0.05, 0) is 25.5 Å². The summed E-state index contributed by atoms with van der Waals surface area (Å²) in [6.07, 6.45) is 7.44. The molecule has 1 aliphatic rings. The van der Waals surface area contributed by atoms with Gasteiger partial charge in [0.1, 0.15) is 0 Å². The average molecular weight is 337 g/mol. The van der Waals surface area contributed by atoms with Gasteiger partial charge in [-0.2, -0.15) is 4.98 Å². The van der Waals surface area contributed by atoms with Gasteiger partial charge in [-0.25, -0.2) is 4.98 Å². The summed E-state index contributed by atoms with van der Waals surface area (Å²) < 4.78 is 7.58. The van der Waals surface area contributed by atoms with Crippen molar-refractivity contribution in [1.29, 1.82) is 0 Å². The molecule has 6 heteroatoms. The van der Waals surface area contributed by atoms with E-state index in [1.807, 2.05) is 18.6 Å². The van der Waals surface area contributed by atoms with Gasteiger partial charge in [0.05, 0.1) is 18.6 Å². The molecule has 25 heavy (non-hydrogen) atoms. The third-order valence-electron chi connectivity index (χ3n) is 4.78. The fraction of sp³-hybridized carbons (Fsp3) is 0.421. The van der Waals surface area contributed by atoms with Crippen LogP contribution in [0.25, 0.3) is 0 Å². The number of rotatable bonds is 7. The molecule has 0 unspecified atom stereocenters. The first-order chi connectivity index (χ1) is 12.3. The minimum atomic E-state index is 0.485. The number of hydrogen-bond acceptors (Lipinski definition) is 5. The predicted molar refractivity (Wildman–Crippen MR) is 93.8 cm³/mol. The minimum absolute atomic E-state index is 0.485. The van der Waals surface area contributed by atoms with Gasteiger partial charge < -0.3 is 9.09 Å². The van der Waals surface area contributed by atoms with Gasteiger partial charge >= 0.3 is 0 Å². The van der Waals surface area contributed by atoms with E-state index >= 15 is 0 Å². The van der Waals surface area contributed by atoms with Crippen molar-refractivity contribution in [3.63, 3.8) is 0 Å². The lowest BCUT2D eigenvalue weighted by molar-refractivity contribution is 0.279. The lowest BCUT2D eigenvalue weighted by Gasteiger charge is -2.20. The Bertz CT molecular complexity index is 806. The molecule has 0 radical (unpaired) electrons. The summed E-state index contributed by atoms with van der Waals surface area (Å²) in [5.74, 6) is 2.06. The van der Waals surface area contributed by atoms with Crippen LogP contribution in [0.3, 0.4) is 0 Å². The zero-order chi connectivity index (χ0) is 17.1. The normalized spacial score (nSPS) is 14.8. The molecule has 3 aromatic rings. The molecule has 130 valence electrons. The fourth-order valence-electron chi connectivity index (χ4n) is 3.13. The van der Waals surface area contributed by atoms with Crippen molar-refractivity contribution >= 4 is 0 Å². The van der Waals surface area contributed by atoms with Crippen LogP contribution < -0.4 is 0 Å². The molecule has 1 aromatic carbocycles. The topological polar surface area (TPSA) is 60.0 Å². The second kappa shape index (κ2) is 7.19. The molecule has 2 heterocycles. The molecular weight excluding hydrogens is 314 g/mol. The quantitative estimate of drug-likeness (QED) is 0.662. The molecule has 6 nitrogen and oxygen atoms in total. The van der Waals surface area contributed by atoms with Crippen molar-refractivity contribution in [3.05, 3.63) is 65.8 Å². The molecule has 0 N–H and O–H groups in total. The smallest absolute Gasteiger partial charge is 0.229 e. The summed E-state index contributed by atoms with van der Waals surface area (Å²) in [6.45, 7) is 2.30. The zero-order valence-corrected chi connectivity index (χ0v) is 14.5. The van der Waals surface area contributed by atoms with Crippen LogP contribution in [0.15, 0.2) is 47.4 Å². The summed E-state index contributed by atoms with van der Waals surface area (Å²) in [5.41, 5.74) is 2.45. The lowest BCUT2D eigenvalue weighted by Crippen LogP contribution is -2.20. The van der Waals surface area contributed by atoms with Crippen LogP contribution in [0.4, 0.5) is 0 Å². The number of nitrogens with zero attached hydrogens (tertiary/aromatic N) is 5. The molecule has 0 atom stereocenters. The Kier molecular flexibility index (Phi) is 4.61. The third kappa shape index (κ3) is 3.79. The largest absolute Gasteiger partial charge is 0.339 e. The van der Waals surface area contributed by atoms with Crippen molar-refractivity contribution in [2.45, 2.75) is 44.8 Å². The van der Waals surface area contributed by atoms with Crippen molar-refractivity contribution < 1.29 is 4.52 Å². The predicted octanol–water partition coefficient (Wildman–Crippen LogP) is 3.21. The first-order valence-electron chi connectivity index (χ1n) is 8.82. The van der Waals surface area contributed by atoms with Gasteiger partial charge in [-0.3, -0.25) is 4.90 Å². The summed E-state index contributed by atoms with van der Waals surface area (Å²) in [7, 11) is 2.07. The maximum absolute atomic E-state index is 5.40. The van der Waals surface area contributed by atoms with Gasteiger partial charge in [0, 0.05) is 25.2 Å². The Balaban J connectivity index is 1.37. The molecule has 0 amide bonds. The van der Waals surface area contributed by atoms with Crippen LogP contribution in [-0.2, 0) is 19.6 Å². The van der Waals surface area contributed by atoms with E-state index in [-0.39, 0.29) is 0 Å². The highest BCUT2D eigenvalue weighted by Crippen LogP contribution is 2.35. The van der Waals surface area contributed by atoms with Gasteiger partial charge in [0.2, 0.25) is 5.89 Å². The molecule has 4 rings (SSSR count). The van der Waals surface area contributed by atoms with E-state index in [0.717, 1.165) is 24.8 Å². The fourth-order valence-corrected chi connectivity index (χ4v) is 3.13. The molecule has 0 aliphatic heterocycles. The van der Waals surface area contributed by atoms with Crippen LogP contribution in [-0.4, -0.2) is 31.6 Å². The molecule has 1 fully saturated rings. The first kappa shape index (κ1) is 16.0. The second-order valence-electron chi connectivity index (χ2n) is 6.85. The van der Waals surface area contributed by atoms with E-state index < -0.39 is 0 Å².